The summed E-state index contributed by atoms with van der Waals surface area (Å²) in [6, 6.07) is 0.479. The van der Waals surface area contributed by atoms with Crippen LogP contribution in [0.1, 0.15) is 27.2 Å². The van der Waals surface area contributed by atoms with E-state index in [1.54, 1.807) is 0 Å². The lowest BCUT2D eigenvalue weighted by atomic mass is 10.4. The van der Waals surface area contributed by atoms with Gasteiger partial charge in [0.2, 0.25) is 0 Å². The van der Waals surface area contributed by atoms with E-state index in [1.807, 2.05) is 7.05 Å². The van der Waals surface area contributed by atoms with Crippen LogP contribution in [-0.2, 0) is 0 Å². The molecule has 0 aliphatic rings. The Hall–Kier alpha value is -0.310. The Labute approximate surface area is 75.0 Å². The van der Waals surface area contributed by atoms with Crippen molar-refractivity contribution in [1.82, 2.24) is 10.2 Å². The molecule has 3 heteroatoms. The van der Waals surface area contributed by atoms with Crippen LogP contribution in [0.25, 0.3) is 0 Å². The molecule has 0 aromatic heterocycles. The molecule has 66 valence electrons. The first-order chi connectivity index (χ1) is 5.09. The maximum absolute atomic E-state index is 5.13. The highest BCUT2D eigenvalue weighted by Crippen LogP contribution is 1.93. The smallest absolute Gasteiger partial charge is 0.168 e. The molecular formula is C8H18N2S. The molecule has 0 saturated heterocycles. The van der Waals surface area contributed by atoms with Gasteiger partial charge in [0.05, 0.1) is 0 Å². The van der Waals surface area contributed by atoms with Gasteiger partial charge in [-0.2, -0.15) is 0 Å². The summed E-state index contributed by atoms with van der Waals surface area (Å²) in [7, 11) is 2.01. The van der Waals surface area contributed by atoms with Crippen molar-refractivity contribution >= 4 is 17.3 Å². The first kappa shape index (κ1) is 10.7. The molecule has 0 aliphatic heterocycles. The maximum atomic E-state index is 5.13. The number of thiocarbonyl (C=S) groups is 1. The molecule has 0 rings (SSSR count). The van der Waals surface area contributed by atoms with Crippen molar-refractivity contribution in [2.45, 2.75) is 33.2 Å². The highest BCUT2D eigenvalue weighted by Gasteiger charge is 2.05. The standard InChI is InChI=1S/C8H18N2S/c1-5-6-9-8(11)10(4)7(2)3/h7H,5-6H2,1-4H3,(H,9,11). The number of nitrogens with one attached hydrogen (secondary N) is 1. The van der Waals surface area contributed by atoms with Crippen LogP contribution >= 0.6 is 12.2 Å². The summed E-state index contributed by atoms with van der Waals surface area (Å²) in [5.41, 5.74) is 0. The third-order valence-corrected chi connectivity index (χ3v) is 2.05. The summed E-state index contributed by atoms with van der Waals surface area (Å²) >= 11 is 5.13. The lowest BCUT2D eigenvalue weighted by molar-refractivity contribution is 0.410. The first-order valence-electron chi connectivity index (χ1n) is 4.10. The highest BCUT2D eigenvalue weighted by molar-refractivity contribution is 7.80. The van der Waals surface area contributed by atoms with Crippen molar-refractivity contribution in [2.75, 3.05) is 13.6 Å². The van der Waals surface area contributed by atoms with Gasteiger partial charge in [-0.25, -0.2) is 0 Å². The van der Waals surface area contributed by atoms with Crippen LogP contribution in [0.5, 0.6) is 0 Å². The van der Waals surface area contributed by atoms with Crippen molar-refractivity contribution in [1.29, 1.82) is 0 Å². The van der Waals surface area contributed by atoms with Gasteiger partial charge in [0.1, 0.15) is 0 Å². The van der Waals surface area contributed by atoms with Crippen LogP contribution in [0.3, 0.4) is 0 Å². The van der Waals surface area contributed by atoms with E-state index in [0.29, 0.717) is 6.04 Å². The van der Waals surface area contributed by atoms with Crippen LogP contribution in [0.2, 0.25) is 0 Å². The van der Waals surface area contributed by atoms with Crippen LogP contribution in [-0.4, -0.2) is 29.6 Å². The lowest BCUT2D eigenvalue weighted by Gasteiger charge is -2.24. The Bertz CT molecular complexity index is 123. The van der Waals surface area contributed by atoms with E-state index >= 15 is 0 Å². The zero-order chi connectivity index (χ0) is 8.85. The zero-order valence-electron chi connectivity index (χ0n) is 7.85. The maximum Gasteiger partial charge on any atom is 0.168 e. The van der Waals surface area contributed by atoms with Crippen molar-refractivity contribution in [3.8, 4) is 0 Å². The molecule has 0 radical (unpaired) electrons. The second kappa shape index (κ2) is 5.35. The highest BCUT2D eigenvalue weighted by atomic mass is 32.1. The monoisotopic (exact) mass is 174 g/mol. The number of nitrogens with zero attached hydrogens (tertiary/aromatic N) is 1. The minimum atomic E-state index is 0.479. The van der Waals surface area contributed by atoms with Gasteiger partial charge in [-0.3, -0.25) is 0 Å². The van der Waals surface area contributed by atoms with Crippen LogP contribution in [0, 0.1) is 0 Å². The number of rotatable bonds is 3. The van der Waals surface area contributed by atoms with Crippen molar-refractivity contribution in [2.24, 2.45) is 0 Å². The molecule has 0 atom stereocenters. The van der Waals surface area contributed by atoms with E-state index in [9.17, 15) is 0 Å². The van der Waals surface area contributed by atoms with Crippen LogP contribution in [0.4, 0.5) is 0 Å². The second-order valence-corrected chi connectivity index (χ2v) is 3.32. The van der Waals surface area contributed by atoms with Gasteiger partial charge >= 0.3 is 0 Å². The molecule has 0 unspecified atom stereocenters. The van der Waals surface area contributed by atoms with Gasteiger partial charge in [0.25, 0.3) is 0 Å². The number of hydrogen-bond donors (Lipinski definition) is 1. The Morgan fingerprint density at radius 2 is 2.09 bits per heavy atom. The van der Waals surface area contributed by atoms with Crippen LogP contribution in [0.15, 0.2) is 0 Å². The fraction of sp³-hybridized carbons (Fsp3) is 0.875. The topological polar surface area (TPSA) is 15.3 Å². The van der Waals surface area contributed by atoms with E-state index in [0.717, 1.165) is 18.1 Å². The molecule has 1 N–H and O–H groups in total. The molecule has 0 heterocycles. The molecule has 0 bridgehead atoms. The van der Waals surface area contributed by atoms with Crippen molar-refractivity contribution in [3.63, 3.8) is 0 Å². The molecule has 0 saturated carbocycles. The van der Waals surface area contributed by atoms with E-state index in [2.05, 4.69) is 31.0 Å². The summed E-state index contributed by atoms with van der Waals surface area (Å²) in [4.78, 5) is 2.06. The molecule has 0 fully saturated rings. The Morgan fingerprint density at radius 3 is 2.45 bits per heavy atom. The van der Waals surface area contributed by atoms with E-state index in [1.165, 1.54) is 0 Å². The summed E-state index contributed by atoms with van der Waals surface area (Å²) < 4.78 is 0. The predicted octanol–water partition coefficient (Wildman–Crippen LogP) is 1.61. The normalized spacial score (nSPS) is 9.91. The van der Waals surface area contributed by atoms with Gasteiger partial charge < -0.3 is 10.2 Å². The van der Waals surface area contributed by atoms with E-state index < -0.39 is 0 Å². The molecule has 0 aromatic carbocycles. The van der Waals surface area contributed by atoms with Gasteiger partial charge in [-0.15, -0.1) is 0 Å². The van der Waals surface area contributed by atoms with Gasteiger partial charge in [0, 0.05) is 19.6 Å². The third kappa shape index (κ3) is 4.19. The summed E-state index contributed by atoms with van der Waals surface area (Å²) in [6.07, 6.45) is 1.12. The zero-order valence-corrected chi connectivity index (χ0v) is 8.66. The molecule has 11 heavy (non-hydrogen) atoms. The van der Waals surface area contributed by atoms with Crippen molar-refractivity contribution < 1.29 is 0 Å². The van der Waals surface area contributed by atoms with Crippen molar-refractivity contribution in [3.05, 3.63) is 0 Å². The molecule has 0 spiro atoms. The summed E-state index contributed by atoms with van der Waals surface area (Å²) in [5.74, 6) is 0. The quantitative estimate of drug-likeness (QED) is 0.654. The SMILES string of the molecule is CCCNC(=S)N(C)C(C)C. The second-order valence-electron chi connectivity index (χ2n) is 2.94. The largest absolute Gasteiger partial charge is 0.363 e. The molecule has 0 aliphatic carbocycles. The third-order valence-electron chi connectivity index (χ3n) is 1.62. The summed E-state index contributed by atoms with van der Waals surface area (Å²) in [6.45, 7) is 7.35. The van der Waals surface area contributed by atoms with Crippen LogP contribution < -0.4 is 5.32 Å². The van der Waals surface area contributed by atoms with Gasteiger partial charge in [-0.1, -0.05) is 6.92 Å². The van der Waals surface area contributed by atoms with Gasteiger partial charge in [-0.05, 0) is 32.5 Å². The Balaban J connectivity index is 3.64. The van der Waals surface area contributed by atoms with E-state index in [-0.39, 0.29) is 0 Å². The first-order valence-corrected chi connectivity index (χ1v) is 4.51. The average Bonchev–Trinajstić information content (AvgIpc) is 1.98. The minimum Gasteiger partial charge on any atom is -0.363 e. The fourth-order valence-corrected chi connectivity index (χ4v) is 0.904. The average molecular weight is 174 g/mol. The molecule has 2 nitrogen and oxygen atoms in total. The minimum absolute atomic E-state index is 0.479. The Kier molecular flexibility index (Phi) is 5.20. The predicted molar refractivity (Wildman–Crippen MR) is 53.8 cm³/mol. The Morgan fingerprint density at radius 1 is 1.55 bits per heavy atom. The lowest BCUT2D eigenvalue weighted by Crippen LogP contribution is -2.41. The molecule has 0 amide bonds. The van der Waals surface area contributed by atoms with E-state index in [4.69, 9.17) is 12.2 Å². The number of hydrogen-bond acceptors (Lipinski definition) is 1. The molecular weight excluding hydrogens is 156 g/mol. The fourth-order valence-electron chi connectivity index (χ4n) is 0.591. The van der Waals surface area contributed by atoms with Gasteiger partial charge in [0.15, 0.2) is 5.11 Å². The summed E-state index contributed by atoms with van der Waals surface area (Å²) in [5, 5.41) is 4.02. The molecule has 0 aromatic rings.